The van der Waals surface area contributed by atoms with Crippen LogP contribution in [0.5, 0.6) is 28.7 Å². The minimum atomic E-state index is -1.85. The van der Waals surface area contributed by atoms with Crippen LogP contribution in [0, 0.1) is 6.92 Å². The fourth-order valence-corrected chi connectivity index (χ4v) is 5.24. The molecule has 8 N–H and O–H groups in total. The molecule has 0 amide bonds. The third-order valence-electron chi connectivity index (χ3n) is 7.21. The van der Waals surface area contributed by atoms with E-state index >= 15 is 0 Å². The maximum Gasteiger partial charge on any atom is 0.229 e. The van der Waals surface area contributed by atoms with Crippen molar-refractivity contribution in [1.29, 1.82) is 0 Å². The van der Waals surface area contributed by atoms with Gasteiger partial charge < -0.3 is 50.3 Å². The molecule has 0 bridgehead atoms. The molecule has 0 aliphatic carbocycles. The van der Waals surface area contributed by atoms with Crippen LogP contribution >= 0.6 is 0 Å². The van der Waals surface area contributed by atoms with Crippen molar-refractivity contribution >= 4 is 27.3 Å². The van der Waals surface area contributed by atoms with E-state index in [1.54, 1.807) is 31.2 Å². The predicted octanol–water partition coefficient (Wildman–Crippen LogP) is 2.17. The van der Waals surface area contributed by atoms with Crippen LogP contribution in [0.25, 0.3) is 32.7 Å². The number of hydrogen-bond acceptors (Lipinski definition) is 11. The first-order valence-corrected chi connectivity index (χ1v) is 12.4. The van der Waals surface area contributed by atoms with E-state index in [0.717, 1.165) is 13.0 Å². The molecule has 1 saturated heterocycles. The van der Waals surface area contributed by atoms with Gasteiger partial charge in [0.1, 0.15) is 58.7 Å². The first-order valence-electron chi connectivity index (χ1n) is 12.4. The first kappa shape index (κ1) is 27.4. The van der Waals surface area contributed by atoms with Gasteiger partial charge in [0.15, 0.2) is 5.78 Å². The Morgan fingerprint density at radius 1 is 0.825 bits per heavy atom. The number of ketones is 1. The number of benzene rings is 4. The van der Waals surface area contributed by atoms with E-state index in [1.807, 2.05) is 0 Å². The lowest BCUT2D eigenvalue weighted by Gasteiger charge is -2.40. The maximum atomic E-state index is 12.7. The van der Waals surface area contributed by atoms with Gasteiger partial charge in [-0.05, 0) is 54.4 Å². The van der Waals surface area contributed by atoms with Crippen LogP contribution in [0.4, 0.5) is 0 Å². The van der Waals surface area contributed by atoms with E-state index in [0.29, 0.717) is 27.1 Å². The first-order chi connectivity index (χ1) is 18.9. The minimum absolute atomic E-state index is 0.0149. The van der Waals surface area contributed by atoms with Gasteiger partial charge in [-0.25, -0.2) is 0 Å². The highest BCUT2D eigenvalue weighted by Gasteiger charge is 2.45. The van der Waals surface area contributed by atoms with Gasteiger partial charge in [-0.15, -0.1) is 0 Å². The highest BCUT2D eigenvalue weighted by Crippen LogP contribution is 2.50. The SMILES string of the molecule is CC(=O)c1c(O)cc(O)c(-c2c(C)cc(O)c3cc4c(O)cccc4cc23)c1O[C@@H]1O[C@H](CO)[C@@H](O)[C@H](O)[C@H]1O. The molecule has 5 rings (SSSR count). The summed E-state index contributed by atoms with van der Waals surface area (Å²) in [6.07, 6.45) is -8.37. The fourth-order valence-electron chi connectivity index (χ4n) is 5.24. The number of phenols is 4. The monoisotopic (exact) mass is 552 g/mol. The highest BCUT2D eigenvalue weighted by atomic mass is 16.7. The Morgan fingerprint density at radius 2 is 1.55 bits per heavy atom. The maximum absolute atomic E-state index is 12.7. The Morgan fingerprint density at radius 3 is 2.23 bits per heavy atom. The lowest BCUT2D eigenvalue weighted by Crippen LogP contribution is -2.60. The van der Waals surface area contributed by atoms with Crippen molar-refractivity contribution in [1.82, 2.24) is 0 Å². The van der Waals surface area contributed by atoms with Gasteiger partial charge in [0, 0.05) is 22.4 Å². The van der Waals surface area contributed by atoms with Crippen molar-refractivity contribution in [2.75, 3.05) is 6.61 Å². The molecular weight excluding hydrogens is 524 g/mol. The number of rotatable bonds is 5. The Hall–Kier alpha value is -4.13. The molecule has 0 saturated carbocycles. The van der Waals surface area contributed by atoms with Gasteiger partial charge in [0.25, 0.3) is 0 Å². The molecule has 0 unspecified atom stereocenters. The van der Waals surface area contributed by atoms with Crippen LogP contribution in [0.3, 0.4) is 0 Å². The van der Waals surface area contributed by atoms with E-state index in [4.69, 9.17) is 9.47 Å². The second kappa shape index (κ2) is 10.1. The van der Waals surface area contributed by atoms with Crippen LogP contribution in [0.1, 0.15) is 22.8 Å². The van der Waals surface area contributed by atoms with E-state index in [1.165, 1.54) is 12.1 Å². The smallest absolute Gasteiger partial charge is 0.229 e. The number of aliphatic hydroxyl groups excluding tert-OH is 4. The summed E-state index contributed by atoms with van der Waals surface area (Å²) >= 11 is 0. The van der Waals surface area contributed by atoms with Crippen molar-refractivity contribution < 1.29 is 55.1 Å². The summed E-state index contributed by atoms with van der Waals surface area (Å²) in [4.78, 5) is 12.7. The zero-order chi connectivity index (χ0) is 29.0. The lowest BCUT2D eigenvalue weighted by molar-refractivity contribution is -0.277. The summed E-state index contributed by atoms with van der Waals surface area (Å²) in [5, 5.41) is 85.3. The molecule has 11 heteroatoms. The fraction of sp³-hybridized carbons (Fsp3) is 0.276. The second-order valence-electron chi connectivity index (χ2n) is 9.85. The highest BCUT2D eigenvalue weighted by molar-refractivity contribution is 6.12. The van der Waals surface area contributed by atoms with Gasteiger partial charge in [-0.3, -0.25) is 4.79 Å². The van der Waals surface area contributed by atoms with Gasteiger partial charge in [-0.2, -0.15) is 0 Å². The topological polar surface area (TPSA) is 197 Å². The van der Waals surface area contributed by atoms with Crippen LogP contribution in [-0.2, 0) is 4.74 Å². The molecule has 4 aromatic carbocycles. The number of hydrogen-bond donors (Lipinski definition) is 8. The van der Waals surface area contributed by atoms with Crippen molar-refractivity contribution in [3.05, 3.63) is 53.6 Å². The lowest BCUT2D eigenvalue weighted by atomic mass is 9.88. The number of aryl methyl sites for hydroxylation is 1. The second-order valence-corrected chi connectivity index (χ2v) is 9.85. The third kappa shape index (κ3) is 4.34. The van der Waals surface area contributed by atoms with Gasteiger partial charge in [-0.1, -0.05) is 12.1 Å². The molecule has 40 heavy (non-hydrogen) atoms. The summed E-state index contributed by atoms with van der Waals surface area (Å²) in [6.45, 7) is 2.05. The molecule has 0 aromatic heterocycles. The summed E-state index contributed by atoms with van der Waals surface area (Å²) in [5.41, 5.74) is 0.252. The average molecular weight is 553 g/mol. The molecule has 210 valence electrons. The Labute approximate surface area is 227 Å². The number of Topliss-reactive ketones (excluding diaryl/α,β-unsaturated/α-hetero) is 1. The van der Waals surface area contributed by atoms with E-state index in [-0.39, 0.29) is 28.2 Å². The standard InChI is InChI=1S/C29H28O11/c1-11-6-18(33)15-8-14-13(4-3-5-17(14)32)7-16(15)22(11)24-20(35)9-19(34)23(12(2)31)28(24)40-29-27(38)26(37)25(36)21(10-30)39-29/h3-9,21,25-27,29-30,32-38H,10H2,1-2H3/t21-,25-,26+,27-,29+/m1/s1. The summed E-state index contributed by atoms with van der Waals surface area (Å²) in [7, 11) is 0. The Balaban J connectivity index is 1.82. The summed E-state index contributed by atoms with van der Waals surface area (Å²) in [5.74, 6) is -2.37. The van der Waals surface area contributed by atoms with Crippen molar-refractivity contribution in [2.45, 2.75) is 44.6 Å². The molecule has 4 aromatic rings. The largest absolute Gasteiger partial charge is 0.507 e. The number of carbonyl (C=O) groups excluding carboxylic acids is 1. The zero-order valence-electron chi connectivity index (χ0n) is 21.4. The van der Waals surface area contributed by atoms with Crippen LogP contribution in [-0.4, -0.2) is 83.9 Å². The van der Waals surface area contributed by atoms with Crippen LogP contribution < -0.4 is 4.74 Å². The summed E-state index contributed by atoms with van der Waals surface area (Å²) < 4.78 is 11.4. The van der Waals surface area contributed by atoms with E-state index < -0.39 is 60.3 Å². The summed E-state index contributed by atoms with van der Waals surface area (Å²) in [6, 6.07) is 10.5. The number of fused-ring (bicyclic) bond motifs is 2. The number of aromatic hydroxyl groups is 4. The number of ether oxygens (including phenoxy) is 2. The Kier molecular flexibility index (Phi) is 6.94. The molecule has 5 atom stereocenters. The number of carbonyl (C=O) groups is 1. The van der Waals surface area contributed by atoms with Crippen LogP contribution in [0.2, 0.25) is 0 Å². The minimum Gasteiger partial charge on any atom is -0.507 e. The van der Waals surface area contributed by atoms with Gasteiger partial charge >= 0.3 is 0 Å². The Bertz CT molecular complexity index is 1650. The van der Waals surface area contributed by atoms with Crippen molar-refractivity contribution in [2.24, 2.45) is 0 Å². The van der Waals surface area contributed by atoms with E-state index in [2.05, 4.69) is 0 Å². The molecule has 11 nitrogen and oxygen atoms in total. The third-order valence-corrected chi connectivity index (χ3v) is 7.21. The van der Waals surface area contributed by atoms with Gasteiger partial charge in [0.2, 0.25) is 6.29 Å². The van der Waals surface area contributed by atoms with Crippen molar-refractivity contribution in [3.8, 4) is 39.9 Å². The molecular formula is C29H28O11. The van der Waals surface area contributed by atoms with Crippen LogP contribution in [0.15, 0.2) is 42.5 Å². The average Bonchev–Trinajstić information content (AvgIpc) is 2.89. The molecule has 1 aliphatic heterocycles. The zero-order valence-corrected chi connectivity index (χ0v) is 21.4. The molecule has 0 radical (unpaired) electrons. The molecule has 1 fully saturated rings. The number of phenolic OH excluding ortho intramolecular Hbond substituents is 4. The molecule has 0 spiro atoms. The quantitative estimate of drug-likeness (QED) is 0.133. The van der Waals surface area contributed by atoms with E-state index in [9.17, 15) is 45.6 Å². The van der Waals surface area contributed by atoms with Gasteiger partial charge in [0.05, 0.1) is 12.2 Å². The molecule has 1 heterocycles. The number of aliphatic hydroxyl groups is 4. The normalized spacial score (nSPS) is 23.0. The predicted molar refractivity (Wildman–Crippen MR) is 143 cm³/mol. The molecule has 1 aliphatic rings. The van der Waals surface area contributed by atoms with Crippen molar-refractivity contribution in [3.63, 3.8) is 0 Å².